The molecule has 1 aromatic heterocycles. The lowest BCUT2D eigenvalue weighted by molar-refractivity contribution is -0.137. The van der Waals surface area contributed by atoms with E-state index in [2.05, 4.69) is 10.4 Å². The summed E-state index contributed by atoms with van der Waals surface area (Å²) in [7, 11) is 0. The monoisotopic (exact) mass is 387 g/mol. The van der Waals surface area contributed by atoms with Crippen LogP contribution in [0.25, 0.3) is 5.69 Å². The third-order valence-electron chi connectivity index (χ3n) is 2.95. The second kappa shape index (κ2) is 6.63. The molecule has 0 aliphatic heterocycles. The molecule has 0 bridgehead atoms. The molecule has 6 nitrogen and oxygen atoms in total. The fraction of sp³-hybridized carbons (Fsp3) is 0.143. The van der Waals surface area contributed by atoms with E-state index in [0.29, 0.717) is 12.1 Å². The van der Waals surface area contributed by atoms with Crippen molar-refractivity contribution in [2.24, 2.45) is 0 Å². The van der Waals surface area contributed by atoms with Crippen molar-refractivity contribution >= 4 is 34.9 Å². The Morgan fingerprint density at radius 3 is 2.20 bits per heavy atom. The number of halogens is 5. The number of hydrogen-bond acceptors (Lipinski definition) is 4. The highest BCUT2D eigenvalue weighted by Crippen LogP contribution is 2.39. The number of anilines is 1. The van der Waals surface area contributed by atoms with Gasteiger partial charge in [-0.05, 0) is 12.1 Å². The maximum absolute atomic E-state index is 12.8. The van der Waals surface area contributed by atoms with Crippen LogP contribution in [0.3, 0.4) is 0 Å². The van der Waals surface area contributed by atoms with Gasteiger partial charge in [0.15, 0.2) is 11.5 Å². The highest BCUT2D eigenvalue weighted by Gasteiger charge is 2.33. The largest absolute Gasteiger partial charge is 0.416 e. The van der Waals surface area contributed by atoms with Crippen molar-refractivity contribution in [1.82, 2.24) is 9.78 Å². The highest BCUT2D eigenvalue weighted by atomic mass is 35.5. The minimum absolute atomic E-state index is 0.210. The number of aromatic nitrogens is 2. The number of rotatable bonds is 2. The van der Waals surface area contributed by atoms with Gasteiger partial charge in [-0.15, -0.1) is 0 Å². The summed E-state index contributed by atoms with van der Waals surface area (Å²) in [4.78, 5) is 11.4. The maximum Gasteiger partial charge on any atom is 0.416 e. The third-order valence-corrected chi connectivity index (χ3v) is 3.53. The molecule has 1 heterocycles. The van der Waals surface area contributed by atoms with Gasteiger partial charge < -0.3 is 5.32 Å². The summed E-state index contributed by atoms with van der Waals surface area (Å²) in [5.41, 5.74) is -1.92. The smallest absolute Gasteiger partial charge is 0.310 e. The van der Waals surface area contributed by atoms with Gasteiger partial charge in [-0.1, -0.05) is 23.2 Å². The molecule has 0 fully saturated rings. The number of amides is 1. The van der Waals surface area contributed by atoms with Crippen molar-refractivity contribution in [3.63, 3.8) is 0 Å². The van der Waals surface area contributed by atoms with Gasteiger partial charge in [-0.3, -0.25) is 4.79 Å². The fourth-order valence-corrected chi connectivity index (χ4v) is 2.62. The van der Waals surface area contributed by atoms with Crippen LogP contribution >= 0.6 is 23.2 Å². The topological polar surface area (TPSA) is 94.5 Å². The van der Waals surface area contributed by atoms with E-state index >= 15 is 0 Å². The number of benzene rings is 1. The van der Waals surface area contributed by atoms with Gasteiger partial charge in [0.1, 0.15) is 23.4 Å². The van der Waals surface area contributed by atoms with Crippen LogP contribution in [0.5, 0.6) is 0 Å². The Morgan fingerprint density at radius 1 is 1.24 bits per heavy atom. The zero-order valence-corrected chi connectivity index (χ0v) is 13.8. The molecule has 25 heavy (non-hydrogen) atoms. The molecule has 2 rings (SSSR count). The summed E-state index contributed by atoms with van der Waals surface area (Å²) < 4.78 is 39.3. The minimum atomic E-state index is -4.67. The number of nitrogens with zero attached hydrogens (tertiary/aromatic N) is 4. The second-order valence-corrected chi connectivity index (χ2v) is 5.49. The zero-order valence-electron chi connectivity index (χ0n) is 12.2. The Balaban J connectivity index is 2.79. The Hall–Kier alpha value is -2.75. The van der Waals surface area contributed by atoms with Crippen LogP contribution in [-0.2, 0) is 11.0 Å². The summed E-state index contributed by atoms with van der Waals surface area (Å²) in [6.45, 7) is 1.14. The van der Waals surface area contributed by atoms with Crippen LogP contribution in [0.15, 0.2) is 12.1 Å². The van der Waals surface area contributed by atoms with Gasteiger partial charge in [-0.2, -0.15) is 28.8 Å². The molecule has 0 unspecified atom stereocenters. The van der Waals surface area contributed by atoms with Crippen LogP contribution in [0.1, 0.15) is 23.7 Å². The average Bonchev–Trinajstić information content (AvgIpc) is 2.82. The van der Waals surface area contributed by atoms with Crippen molar-refractivity contribution in [1.29, 1.82) is 10.5 Å². The van der Waals surface area contributed by atoms with E-state index in [4.69, 9.17) is 28.5 Å². The Kier molecular flexibility index (Phi) is 4.93. The molecule has 1 amide bonds. The fourth-order valence-electron chi connectivity index (χ4n) is 1.98. The molecule has 0 atom stereocenters. The lowest BCUT2D eigenvalue weighted by Crippen LogP contribution is -2.13. The average molecular weight is 388 g/mol. The Labute approximate surface area is 149 Å². The summed E-state index contributed by atoms with van der Waals surface area (Å²) in [5.74, 6) is -0.823. The molecule has 0 aliphatic rings. The summed E-state index contributed by atoms with van der Waals surface area (Å²) in [6, 6.07) is 4.60. The first-order valence-corrected chi connectivity index (χ1v) is 7.13. The Morgan fingerprint density at radius 2 is 1.80 bits per heavy atom. The number of hydrogen-bond donors (Lipinski definition) is 1. The van der Waals surface area contributed by atoms with E-state index in [1.807, 2.05) is 0 Å². The van der Waals surface area contributed by atoms with Crippen molar-refractivity contribution in [3.05, 3.63) is 39.0 Å². The SMILES string of the molecule is CC(=O)Nc1c(C#N)c(C#N)nn1-c1c(Cl)cc(C(F)(F)F)cc1Cl. The molecular formula is C14H6Cl2F3N5O. The van der Waals surface area contributed by atoms with Crippen LogP contribution in [0.2, 0.25) is 10.0 Å². The predicted octanol–water partition coefficient (Wildman–Crippen LogP) is 3.90. The first kappa shape index (κ1) is 18.6. The normalized spacial score (nSPS) is 10.9. The van der Waals surface area contributed by atoms with Gasteiger partial charge in [0.05, 0.1) is 15.6 Å². The van der Waals surface area contributed by atoms with E-state index in [1.54, 1.807) is 12.1 Å². The molecule has 0 radical (unpaired) electrons. The van der Waals surface area contributed by atoms with Crippen LogP contribution in [0, 0.1) is 22.7 Å². The number of nitriles is 2. The Bertz CT molecular complexity index is 930. The van der Waals surface area contributed by atoms with Gasteiger partial charge in [0.25, 0.3) is 0 Å². The van der Waals surface area contributed by atoms with Gasteiger partial charge in [-0.25, -0.2) is 4.68 Å². The standard InChI is InChI=1S/C14H6Cl2F3N5O/c1-6(25)22-13-8(4-20)11(5-21)23-24(13)12-9(15)2-7(3-10(12)16)14(17,18)19/h2-3H,1H3,(H,22,25). The minimum Gasteiger partial charge on any atom is -0.310 e. The number of carbonyl (C=O) groups is 1. The molecule has 1 aromatic carbocycles. The molecule has 0 saturated carbocycles. The molecule has 1 N–H and O–H groups in total. The molecule has 2 aromatic rings. The summed E-state index contributed by atoms with van der Waals surface area (Å²) in [6.07, 6.45) is -4.67. The van der Waals surface area contributed by atoms with E-state index in [-0.39, 0.29) is 22.8 Å². The van der Waals surface area contributed by atoms with Crippen LogP contribution < -0.4 is 5.32 Å². The van der Waals surface area contributed by atoms with Crippen molar-refractivity contribution in [3.8, 4) is 17.8 Å². The van der Waals surface area contributed by atoms with Crippen molar-refractivity contribution in [2.75, 3.05) is 5.32 Å². The van der Waals surface area contributed by atoms with E-state index in [0.717, 1.165) is 11.6 Å². The van der Waals surface area contributed by atoms with Crippen LogP contribution in [0.4, 0.5) is 19.0 Å². The molecule has 0 aliphatic carbocycles. The van der Waals surface area contributed by atoms with Crippen LogP contribution in [-0.4, -0.2) is 15.7 Å². The van der Waals surface area contributed by atoms with Crippen molar-refractivity contribution in [2.45, 2.75) is 13.1 Å². The van der Waals surface area contributed by atoms with E-state index in [1.165, 1.54) is 0 Å². The van der Waals surface area contributed by atoms with E-state index in [9.17, 15) is 23.2 Å². The van der Waals surface area contributed by atoms with Crippen molar-refractivity contribution < 1.29 is 18.0 Å². The lowest BCUT2D eigenvalue weighted by Gasteiger charge is -2.14. The quantitative estimate of drug-likeness (QED) is 0.844. The predicted molar refractivity (Wildman–Crippen MR) is 82.3 cm³/mol. The number of alkyl halides is 3. The molecular weight excluding hydrogens is 382 g/mol. The first-order chi connectivity index (χ1) is 11.6. The second-order valence-electron chi connectivity index (χ2n) is 4.68. The summed E-state index contributed by atoms with van der Waals surface area (Å²) in [5, 5.41) is 23.5. The molecule has 0 saturated heterocycles. The number of carbonyl (C=O) groups excluding carboxylic acids is 1. The molecule has 128 valence electrons. The zero-order chi connectivity index (χ0) is 18.9. The molecule has 11 heteroatoms. The summed E-state index contributed by atoms with van der Waals surface area (Å²) >= 11 is 11.8. The molecule has 0 spiro atoms. The maximum atomic E-state index is 12.8. The van der Waals surface area contributed by atoms with Gasteiger partial charge >= 0.3 is 6.18 Å². The van der Waals surface area contributed by atoms with Gasteiger partial charge in [0, 0.05) is 6.92 Å². The third kappa shape index (κ3) is 3.53. The highest BCUT2D eigenvalue weighted by molar-refractivity contribution is 6.38. The van der Waals surface area contributed by atoms with E-state index < -0.39 is 27.7 Å². The number of nitrogens with one attached hydrogen (secondary N) is 1. The first-order valence-electron chi connectivity index (χ1n) is 6.37. The van der Waals surface area contributed by atoms with Gasteiger partial charge in [0.2, 0.25) is 5.91 Å². The lowest BCUT2D eigenvalue weighted by atomic mass is 10.2.